The normalized spacial score (nSPS) is 11.6. The Morgan fingerprint density at radius 3 is 2.64 bits per heavy atom. The summed E-state index contributed by atoms with van der Waals surface area (Å²) in [6.45, 7) is -0.208. The zero-order valence-electron chi connectivity index (χ0n) is 13.2. The molecular weight excluding hydrogens is 418 g/mol. The topological polar surface area (TPSA) is 139 Å². The number of benzene rings is 1. The van der Waals surface area contributed by atoms with Crippen molar-refractivity contribution in [1.82, 2.24) is 20.0 Å². The number of carbonyl (C=O) groups is 1. The van der Waals surface area contributed by atoms with E-state index in [4.69, 9.17) is 17.3 Å². The van der Waals surface area contributed by atoms with Gasteiger partial charge in [-0.2, -0.15) is 13.2 Å². The maximum Gasteiger partial charge on any atom is 0.491 e. The lowest BCUT2D eigenvalue weighted by Crippen LogP contribution is -2.29. The second-order valence-electron chi connectivity index (χ2n) is 4.97. The fourth-order valence-corrected chi connectivity index (χ4v) is 2.27. The second kappa shape index (κ2) is 7.05. The predicted molar refractivity (Wildman–Crippen MR) is 79.9 cm³/mol. The molecule has 0 saturated heterocycles. The maximum atomic E-state index is 13.8. The van der Waals surface area contributed by atoms with E-state index < -0.39 is 46.0 Å². The van der Waals surface area contributed by atoms with Crippen molar-refractivity contribution in [3.63, 3.8) is 0 Å². The van der Waals surface area contributed by atoms with Gasteiger partial charge >= 0.3 is 17.9 Å². The van der Waals surface area contributed by atoms with E-state index in [1.165, 1.54) is 0 Å². The van der Waals surface area contributed by atoms with Crippen LogP contribution in [0.15, 0.2) is 26.1 Å². The maximum absolute atomic E-state index is 13.8. The molecule has 148 valence electrons. The number of esters is 1. The van der Waals surface area contributed by atoms with Crippen molar-refractivity contribution in [1.29, 1.82) is 0 Å². The molecule has 0 atom stereocenters. The highest BCUT2D eigenvalue weighted by molar-refractivity contribution is 6.32. The van der Waals surface area contributed by atoms with E-state index in [0.29, 0.717) is 4.57 Å². The van der Waals surface area contributed by atoms with Gasteiger partial charge in [-0.25, -0.2) is 23.2 Å². The number of halogens is 5. The molecule has 28 heavy (non-hydrogen) atoms. The van der Waals surface area contributed by atoms with E-state index in [1.54, 1.807) is 0 Å². The molecule has 0 fully saturated rings. The molecule has 0 aliphatic rings. The molecule has 0 unspecified atom stereocenters. The molecule has 3 aromatic rings. The molecule has 10 nitrogen and oxygen atoms in total. The van der Waals surface area contributed by atoms with Crippen molar-refractivity contribution in [2.75, 3.05) is 0 Å². The summed E-state index contributed by atoms with van der Waals surface area (Å²) in [7, 11) is 0. The lowest BCUT2D eigenvalue weighted by molar-refractivity contribution is -0.189. The Labute approximate surface area is 155 Å². The number of aromatic nitrogens is 4. The van der Waals surface area contributed by atoms with Crippen LogP contribution in [-0.4, -0.2) is 32.2 Å². The van der Waals surface area contributed by atoms with Gasteiger partial charge in [0.25, 0.3) is 0 Å². The standard InChI is InChI=1S/C13H6ClF4N5O5/c14-7-4(15)1-2-6(9(7)26-11(24)13(16,17)18)23-10(22-27-12(23)25)8-5(3-19)20-28-21-8/h1-2H,3,19H2. The minimum absolute atomic E-state index is 0.0177. The summed E-state index contributed by atoms with van der Waals surface area (Å²) in [4.78, 5) is 23.3. The molecule has 2 N–H and O–H groups in total. The van der Waals surface area contributed by atoms with E-state index in [0.717, 1.165) is 12.1 Å². The molecule has 15 heteroatoms. The van der Waals surface area contributed by atoms with Crippen LogP contribution in [0.4, 0.5) is 17.6 Å². The molecule has 1 aromatic carbocycles. The first-order valence-corrected chi connectivity index (χ1v) is 7.41. The fraction of sp³-hybridized carbons (Fsp3) is 0.154. The van der Waals surface area contributed by atoms with Crippen molar-refractivity contribution in [2.45, 2.75) is 12.7 Å². The summed E-state index contributed by atoms with van der Waals surface area (Å²) in [5.74, 6) is -6.67. The number of hydrogen-bond acceptors (Lipinski definition) is 9. The van der Waals surface area contributed by atoms with E-state index in [1.807, 2.05) is 0 Å². The number of rotatable bonds is 4. The fourth-order valence-electron chi connectivity index (χ4n) is 2.07. The first-order valence-electron chi connectivity index (χ1n) is 7.03. The van der Waals surface area contributed by atoms with Crippen molar-refractivity contribution in [3.05, 3.63) is 39.2 Å². The first-order chi connectivity index (χ1) is 13.1. The summed E-state index contributed by atoms with van der Waals surface area (Å²) in [6, 6.07) is 1.54. The molecule has 0 bridgehead atoms. The molecule has 0 radical (unpaired) electrons. The summed E-state index contributed by atoms with van der Waals surface area (Å²) in [6.07, 6.45) is -5.42. The van der Waals surface area contributed by atoms with Gasteiger partial charge in [-0.3, -0.25) is 4.52 Å². The van der Waals surface area contributed by atoms with Crippen LogP contribution in [0.1, 0.15) is 5.69 Å². The molecule has 2 heterocycles. The van der Waals surface area contributed by atoms with Gasteiger partial charge in [-0.1, -0.05) is 21.9 Å². The van der Waals surface area contributed by atoms with E-state index in [9.17, 15) is 27.2 Å². The number of carbonyl (C=O) groups excluding carboxylic acids is 1. The van der Waals surface area contributed by atoms with Crippen LogP contribution in [0, 0.1) is 5.82 Å². The summed E-state index contributed by atoms with van der Waals surface area (Å²) < 4.78 is 65.1. The summed E-state index contributed by atoms with van der Waals surface area (Å²) in [5.41, 5.74) is 4.68. The van der Waals surface area contributed by atoms with Crippen molar-refractivity contribution < 1.29 is 36.2 Å². The zero-order chi connectivity index (χ0) is 20.6. The SMILES string of the molecule is NCc1nonc1-c1noc(=O)n1-c1ccc(F)c(Cl)c1OC(=O)C(F)(F)F. The van der Waals surface area contributed by atoms with Gasteiger partial charge in [-0.15, -0.1) is 0 Å². The monoisotopic (exact) mass is 423 g/mol. The molecular formula is C13H6ClF4N5O5. The third-order valence-corrected chi connectivity index (χ3v) is 3.61. The Morgan fingerprint density at radius 2 is 2.00 bits per heavy atom. The predicted octanol–water partition coefficient (Wildman–Crippen LogP) is 1.59. The van der Waals surface area contributed by atoms with Crippen molar-refractivity contribution in [3.8, 4) is 23.0 Å². The van der Waals surface area contributed by atoms with Crippen LogP contribution >= 0.6 is 11.6 Å². The molecule has 0 aliphatic heterocycles. The lowest BCUT2D eigenvalue weighted by Gasteiger charge is -2.13. The van der Waals surface area contributed by atoms with Crippen molar-refractivity contribution in [2.24, 2.45) is 5.73 Å². The minimum Gasteiger partial charge on any atom is -0.416 e. The number of nitrogens with two attached hydrogens (primary N) is 1. The highest BCUT2D eigenvalue weighted by Gasteiger charge is 2.42. The zero-order valence-corrected chi connectivity index (χ0v) is 13.9. The largest absolute Gasteiger partial charge is 0.491 e. The van der Waals surface area contributed by atoms with Gasteiger partial charge < -0.3 is 10.5 Å². The van der Waals surface area contributed by atoms with Crippen LogP contribution in [0.25, 0.3) is 17.2 Å². The Kier molecular flexibility index (Phi) is 4.91. The highest BCUT2D eigenvalue weighted by atomic mass is 35.5. The summed E-state index contributed by atoms with van der Waals surface area (Å²) in [5, 5.41) is 9.37. The van der Waals surface area contributed by atoms with Gasteiger partial charge in [-0.05, 0) is 17.3 Å². The van der Waals surface area contributed by atoms with Gasteiger partial charge in [0.1, 0.15) is 16.5 Å². The van der Waals surface area contributed by atoms with Gasteiger partial charge in [0, 0.05) is 6.54 Å². The van der Waals surface area contributed by atoms with Crippen LogP contribution in [0.2, 0.25) is 5.02 Å². The van der Waals surface area contributed by atoms with Crippen LogP contribution < -0.4 is 16.2 Å². The minimum atomic E-state index is -5.42. The van der Waals surface area contributed by atoms with Crippen LogP contribution in [0.5, 0.6) is 5.75 Å². The molecule has 0 saturated carbocycles. The second-order valence-corrected chi connectivity index (χ2v) is 5.35. The van der Waals surface area contributed by atoms with Crippen LogP contribution in [0.3, 0.4) is 0 Å². The quantitative estimate of drug-likeness (QED) is 0.376. The smallest absolute Gasteiger partial charge is 0.416 e. The van der Waals surface area contributed by atoms with E-state index in [-0.39, 0.29) is 17.9 Å². The summed E-state index contributed by atoms with van der Waals surface area (Å²) >= 11 is 5.65. The molecule has 0 spiro atoms. The third-order valence-electron chi connectivity index (χ3n) is 3.26. The van der Waals surface area contributed by atoms with Gasteiger partial charge in [0.05, 0.1) is 5.69 Å². The third kappa shape index (κ3) is 3.34. The van der Waals surface area contributed by atoms with Crippen LogP contribution in [-0.2, 0) is 11.3 Å². The molecule has 2 aromatic heterocycles. The average Bonchev–Trinajstić information content (AvgIpc) is 3.24. The number of ether oxygens (including phenoxy) is 1. The van der Waals surface area contributed by atoms with Gasteiger partial charge in [0.15, 0.2) is 11.4 Å². The molecule has 0 amide bonds. The lowest BCUT2D eigenvalue weighted by atomic mass is 10.2. The molecule has 0 aliphatic carbocycles. The van der Waals surface area contributed by atoms with E-state index in [2.05, 4.69) is 29.4 Å². The Hall–Kier alpha value is -3.26. The van der Waals surface area contributed by atoms with Gasteiger partial charge in [0.2, 0.25) is 5.82 Å². The Morgan fingerprint density at radius 1 is 1.29 bits per heavy atom. The first kappa shape index (κ1) is 19.5. The Bertz CT molecular complexity index is 1110. The Balaban J connectivity index is 2.24. The van der Waals surface area contributed by atoms with E-state index >= 15 is 0 Å². The van der Waals surface area contributed by atoms with Crippen molar-refractivity contribution >= 4 is 17.6 Å². The highest BCUT2D eigenvalue weighted by Crippen LogP contribution is 2.36. The average molecular weight is 424 g/mol. The number of alkyl halides is 3. The number of nitrogens with zero attached hydrogens (tertiary/aromatic N) is 4. The molecule has 3 rings (SSSR count). The number of hydrogen-bond donors (Lipinski definition) is 1.